The van der Waals surface area contributed by atoms with Crippen molar-refractivity contribution in [2.45, 2.75) is 60.8 Å². The Bertz CT molecular complexity index is 5240. The summed E-state index contributed by atoms with van der Waals surface area (Å²) in [5.74, 6) is -0.225. The third-order valence-corrected chi connectivity index (χ3v) is 18.4. The lowest BCUT2D eigenvalue weighted by atomic mass is 10.1. The van der Waals surface area contributed by atoms with Crippen molar-refractivity contribution in [2.24, 2.45) is 51.1 Å². The van der Waals surface area contributed by atoms with Gasteiger partial charge in [0.15, 0.2) is 0 Å². The monoisotopic (exact) mass is 1510 g/mol. The number of nitrogens with one attached hydrogen (secondary N) is 1. The van der Waals surface area contributed by atoms with Crippen LogP contribution in [0.5, 0.6) is 11.5 Å². The highest BCUT2D eigenvalue weighted by molar-refractivity contribution is 7.21. The zero-order chi connectivity index (χ0) is 78.8. The van der Waals surface area contributed by atoms with Gasteiger partial charge in [-0.1, -0.05) is 73.0 Å². The molecule has 0 saturated heterocycles. The Morgan fingerprint density at radius 3 is 1.31 bits per heavy atom. The molecule has 0 spiro atoms. The van der Waals surface area contributed by atoms with Crippen molar-refractivity contribution in [3.63, 3.8) is 0 Å². The molecule has 0 amide bonds. The van der Waals surface area contributed by atoms with Crippen molar-refractivity contribution in [2.75, 3.05) is 84.8 Å². The Morgan fingerprint density at radius 2 is 0.830 bits per heavy atom. The fraction of sp³-hybridized carbons (Fsp3) is 0.205. The van der Waals surface area contributed by atoms with E-state index in [0.717, 1.165) is 134 Å². The highest BCUT2D eigenvalue weighted by atomic mass is 32.1. The molecule has 0 saturated carbocycles. The molecule has 11 aromatic carbocycles. The minimum atomic E-state index is -0.475. The number of thiazole rings is 1. The molecule has 24 heteroatoms. The van der Waals surface area contributed by atoms with Crippen molar-refractivity contribution in [1.29, 1.82) is 0 Å². The van der Waals surface area contributed by atoms with Gasteiger partial charge in [-0.05, 0) is 242 Å². The molecule has 0 atom stereocenters. The zero-order valence-corrected chi connectivity index (χ0v) is 64.5. The molecule has 1 heterocycles. The SMILES string of the molecule is C=CC(=O)OCCCCC(=O)Oc1ccc(N=Nc2ccc(Nc3ccc(N=Nc4ccc(N(CC)CC)cc4)c4ccccc34)cc2)cc1.C=CC(=O)OCCOc1ccc2nc(N=Nc3ccc(N=Nc4ccc(N(CC)CC)cc4)cc3)sc2c1.CCN(CC)c1ccc(N=Nc2ccc(N)c3ccccc23)cc1. The Labute approximate surface area is 656 Å². The lowest BCUT2D eigenvalue weighted by Gasteiger charge is -2.20. The number of azo groups is 5. The molecule has 0 bridgehead atoms. The third kappa shape index (κ3) is 24.0. The lowest BCUT2D eigenvalue weighted by Crippen LogP contribution is -2.21. The van der Waals surface area contributed by atoms with Gasteiger partial charge >= 0.3 is 17.9 Å². The van der Waals surface area contributed by atoms with Gasteiger partial charge < -0.3 is 44.7 Å². The van der Waals surface area contributed by atoms with Gasteiger partial charge in [0, 0.05) is 114 Å². The highest BCUT2D eigenvalue weighted by Gasteiger charge is 2.12. The molecule has 0 aliphatic carbocycles. The molecule has 12 rings (SSSR count). The predicted octanol–water partition coefficient (Wildman–Crippen LogP) is 24.8. The number of aromatic nitrogens is 1. The van der Waals surface area contributed by atoms with Gasteiger partial charge in [0.25, 0.3) is 0 Å². The van der Waals surface area contributed by atoms with Crippen molar-refractivity contribution in [1.82, 2.24) is 4.98 Å². The first-order valence-electron chi connectivity index (χ1n) is 37.1. The van der Waals surface area contributed by atoms with Gasteiger partial charge in [0.1, 0.15) is 24.7 Å². The summed E-state index contributed by atoms with van der Waals surface area (Å²) in [5.41, 5.74) is 19.8. The summed E-state index contributed by atoms with van der Waals surface area (Å²) in [4.78, 5) is 45.6. The number of hydrogen-bond donors (Lipinski definition) is 2. The quantitative estimate of drug-likeness (QED) is 0.00968. The number of carbonyl (C=O) groups excluding carboxylic acids is 3. The average molecular weight is 1520 g/mol. The molecule has 23 nitrogen and oxygen atoms in total. The minimum absolute atomic E-state index is 0.148. The molecule has 112 heavy (non-hydrogen) atoms. The van der Waals surface area contributed by atoms with E-state index in [1.54, 1.807) is 24.3 Å². The van der Waals surface area contributed by atoms with Crippen LogP contribution in [-0.2, 0) is 23.9 Å². The van der Waals surface area contributed by atoms with E-state index < -0.39 is 11.9 Å². The fourth-order valence-electron chi connectivity index (χ4n) is 11.5. The van der Waals surface area contributed by atoms with Crippen molar-refractivity contribution in [3.05, 3.63) is 262 Å². The number of fused-ring (bicyclic) bond motifs is 3. The Hall–Kier alpha value is -13.5. The third-order valence-electron chi connectivity index (χ3n) is 17.5. The van der Waals surface area contributed by atoms with Gasteiger partial charge in [-0.25, -0.2) is 14.6 Å². The molecule has 1 aromatic heterocycles. The minimum Gasteiger partial charge on any atom is -0.490 e. The van der Waals surface area contributed by atoms with E-state index in [9.17, 15) is 14.4 Å². The van der Waals surface area contributed by atoms with Crippen LogP contribution in [0.15, 0.2) is 313 Å². The molecule has 0 radical (unpaired) electrons. The van der Waals surface area contributed by atoms with Crippen LogP contribution in [0, 0.1) is 0 Å². The number of carbonyl (C=O) groups is 3. The molecule has 0 unspecified atom stereocenters. The number of hydrogen-bond acceptors (Lipinski definition) is 24. The lowest BCUT2D eigenvalue weighted by molar-refractivity contribution is -0.139. The number of benzene rings is 11. The Kier molecular flexibility index (Phi) is 30.6. The van der Waals surface area contributed by atoms with Gasteiger partial charge in [0.2, 0.25) is 5.13 Å². The van der Waals surface area contributed by atoms with Crippen molar-refractivity contribution >= 4 is 151 Å². The first kappa shape index (κ1) is 81.0. The van der Waals surface area contributed by atoms with E-state index in [2.05, 4.69) is 173 Å². The first-order valence-corrected chi connectivity index (χ1v) is 37.9. The number of unbranched alkanes of at least 4 members (excludes halogenated alkanes) is 1. The van der Waals surface area contributed by atoms with Crippen LogP contribution in [0.4, 0.5) is 90.4 Å². The smallest absolute Gasteiger partial charge is 0.330 e. The summed E-state index contributed by atoms with van der Waals surface area (Å²) in [6.45, 7) is 26.1. The predicted molar refractivity (Wildman–Crippen MR) is 453 cm³/mol. The normalized spacial score (nSPS) is 11.2. The van der Waals surface area contributed by atoms with Crippen LogP contribution < -0.4 is 35.2 Å². The first-order chi connectivity index (χ1) is 54.7. The second-order valence-corrected chi connectivity index (χ2v) is 25.8. The molecule has 3 N–H and O–H groups in total. The summed E-state index contributed by atoms with van der Waals surface area (Å²) >= 11 is 1.41. The van der Waals surface area contributed by atoms with Crippen LogP contribution in [0.1, 0.15) is 60.8 Å². The number of esters is 3. The van der Waals surface area contributed by atoms with Crippen LogP contribution in [0.3, 0.4) is 0 Å². The van der Waals surface area contributed by atoms with E-state index >= 15 is 0 Å². The maximum absolute atomic E-state index is 12.1. The van der Waals surface area contributed by atoms with E-state index in [1.807, 2.05) is 170 Å². The van der Waals surface area contributed by atoms with Gasteiger partial charge in [-0.3, -0.25) is 4.79 Å². The van der Waals surface area contributed by atoms with E-state index in [-0.39, 0.29) is 32.2 Å². The number of anilines is 6. The van der Waals surface area contributed by atoms with Crippen molar-refractivity contribution in [3.8, 4) is 11.5 Å². The zero-order valence-electron chi connectivity index (χ0n) is 63.7. The van der Waals surface area contributed by atoms with Gasteiger partial charge in [0.05, 0.1) is 68.0 Å². The van der Waals surface area contributed by atoms with Crippen LogP contribution >= 0.6 is 11.3 Å². The van der Waals surface area contributed by atoms with Gasteiger partial charge in [-0.2, -0.15) is 30.7 Å². The molecule has 0 aliphatic heterocycles. The fourth-order valence-corrected chi connectivity index (χ4v) is 12.3. The largest absolute Gasteiger partial charge is 0.490 e. The highest BCUT2D eigenvalue weighted by Crippen LogP contribution is 2.38. The van der Waals surface area contributed by atoms with Gasteiger partial charge in [-0.15, -0.1) is 20.5 Å². The molecule has 0 aliphatic rings. The maximum atomic E-state index is 12.1. The topological polar surface area (TPSA) is 272 Å². The van der Waals surface area contributed by atoms with Crippen LogP contribution in [-0.4, -0.2) is 82.0 Å². The summed E-state index contributed by atoms with van der Waals surface area (Å²) in [6.07, 6.45) is 3.56. The van der Waals surface area contributed by atoms with E-state index in [4.69, 9.17) is 24.7 Å². The molecule has 0 fully saturated rings. The number of nitrogens with two attached hydrogens (primary N) is 1. The molecular weight excluding hydrogens is 1430 g/mol. The number of nitrogen functional groups attached to an aromatic ring is 1. The summed E-state index contributed by atoms with van der Waals surface area (Å²) in [5, 5.41) is 51.8. The molecule has 12 aromatic rings. The molecular formula is C88H90N16O7S. The number of ether oxygens (including phenoxy) is 4. The summed E-state index contributed by atoms with van der Waals surface area (Å²) in [7, 11) is 0. The van der Waals surface area contributed by atoms with Crippen LogP contribution in [0.25, 0.3) is 31.8 Å². The summed E-state index contributed by atoms with van der Waals surface area (Å²) in [6, 6.07) is 75.6. The Morgan fingerprint density at radius 1 is 0.429 bits per heavy atom. The Balaban J connectivity index is 0.000000189. The second-order valence-electron chi connectivity index (χ2n) is 24.8. The molecule has 570 valence electrons. The van der Waals surface area contributed by atoms with Crippen LogP contribution in [0.2, 0.25) is 0 Å². The van der Waals surface area contributed by atoms with Crippen molar-refractivity contribution < 1.29 is 33.3 Å². The average Bonchev–Trinajstić information content (AvgIpc) is 1.13. The number of nitrogens with zero attached hydrogens (tertiary/aromatic N) is 14. The second kappa shape index (κ2) is 42.3. The van der Waals surface area contributed by atoms with E-state index in [0.29, 0.717) is 46.5 Å². The standard InChI is InChI=1S/C40H40N6O4.C28H28N6O3S.C20H22N4/c1-4-39(47)49-28-10-9-13-40(48)50-34-24-20-32(21-25-34)43-42-30-16-14-29(15-17-30)41-37-26-27-38(36-12-8-7-11-35(36)37)45-44-31-18-22-33(23-19-31)46(5-2)6-3;1-4-27(35)37-18-17-36-24-15-16-25-26(19-24)38-28(29-25)33-32-21-9-7-20(8-10-21)30-31-22-11-13-23(14-12-22)34(5-2)6-3;1-3-24(4-2)16-11-9-15(10-12-16)22-23-20-14-13-19(21)17-7-5-6-8-18(17)20/h4,7-8,11-12,14-27,41H,1,5-6,9-10,13,28H2,2-3H3;4,7-16,19H,1,5-6,17-18H2,2-3H3;5-14H,3-4,21H2,1-2H3. The summed E-state index contributed by atoms with van der Waals surface area (Å²) < 4.78 is 21.7. The maximum Gasteiger partial charge on any atom is 0.330 e. The number of rotatable bonds is 33. The van der Waals surface area contributed by atoms with E-state index in [1.165, 1.54) is 28.4 Å².